The molecule has 0 bridgehead atoms. The topological polar surface area (TPSA) is 73.0 Å². The molecule has 0 radical (unpaired) electrons. The Labute approximate surface area is 143 Å². The number of anilines is 2. The fourth-order valence-electron chi connectivity index (χ4n) is 2.82. The lowest BCUT2D eigenvalue weighted by Gasteiger charge is -2.10. The van der Waals surface area contributed by atoms with E-state index in [1.54, 1.807) is 6.07 Å². The van der Waals surface area contributed by atoms with Crippen LogP contribution in [-0.4, -0.2) is 14.5 Å². The van der Waals surface area contributed by atoms with Gasteiger partial charge in [-0.2, -0.15) is 0 Å². The summed E-state index contributed by atoms with van der Waals surface area (Å²) in [7, 11) is 0. The molecule has 2 heterocycles. The summed E-state index contributed by atoms with van der Waals surface area (Å²) in [6, 6.07) is 20.8. The second kappa shape index (κ2) is 6.09. The maximum atomic E-state index is 11.1. The number of nitrogens with one attached hydrogen (secondary N) is 1. The van der Waals surface area contributed by atoms with E-state index in [4.69, 9.17) is 0 Å². The van der Waals surface area contributed by atoms with E-state index in [-0.39, 0.29) is 11.5 Å². The molecule has 25 heavy (non-hydrogen) atoms. The molecule has 0 aliphatic carbocycles. The molecule has 0 saturated carbocycles. The third-order valence-corrected chi connectivity index (χ3v) is 3.97. The van der Waals surface area contributed by atoms with E-state index in [1.165, 1.54) is 12.3 Å². The number of aromatic nitrogens is 2. The molecular weight excluding hydrogens is 316 g/mol. The van der Waals surface area contributed by atoms with Crippen LogP contribution >= 0.6 is 0 Å². The SMILES string of the molecule is O=[N+]([O-])c1cccnc1Nc1cccc(-n2ccc3ccccc32)c1. The Balaban J connectivity index is 1.72. The lowest BCUT2D eigenvalue weighted by molar-refractivity contribution is -0.384. The summed E-state index contributed by atoms with van der Waals surface area (Å²) in [6.45, 7) is 0. The van der Waals surface area contributed by atoms with E-state index in [1.807, 2.05) is 42.6 Å². The van der Waals surface area contributed by atoms with E-state index in [0.717, 1.165) is 22.3 Å². The molecule has 2 aromatic heterocycles. The Bertz CT molecular complexity index is 1070. The van der Waals surface area contributed by atoms with Crippen LogP contribution in [0.1, 0.15) is 0 Å². The standard InChI is InChI=1S/C19H14N4O2/c24-23(25)18-9-4-11-20-19(18)21-15-6-3-7-16(13-15)22-12-10-14-5-1-2-8-17(14)22/h1-13H,(H,20,21). The van der Waals surface area contributed by atoms with Gasteiger partial charge in [0.1, 0.15) is 0 Å². The van der Waals surface area contributed by atoms with E-state index < -0.39 is 4.92 Å². The Morgan fingerprint density at radius 1 is 1.00 bits per heavy atom. The highest BCUT2D eigenvalue weighted by Crippen LogP contribution is 2.27. The van der Waals surface area contributed by atoms with Crippen LogP contribution in [0, 0.1) is 10.1 Å². The number of rotatable bonds is 4. The fourth-order valence-corrected chi connectivity index (χ4v) is 2.82. The van der Waals surface area contributed by atoms with Crippen molar-refractivity contribution >= 4 is 28.1 Å². The quantitative estimate of drug-likeness (QED) is 0.435. The molecule has 0 aliphatic rings. The van der Waals surface area contributed by atoms with Crippen LogP contribution in [0.3, 0.4) is 0 Å². The third-order valence-electron chi connectivity index (χ3n) is 3.97. The second-order valence-corrected chi connectivity index (χ2v) is 5.55. The van der Waals surface area contributed by atoms with Gasteiger partial charge in [0, 0.05) is 29.8 Å². The van der Waals surface area contributed by atoms with Crippen LogP contribution in [0.2, 0.25) is 0 Å². The van der Waals surface area contributed by atoms with E-state index in [9.17, 15) is 10.1 Å². The van der Waals surface area contributed by atoms with Crippen molar-refractivity contribution in [3.63, 3.8) is 0 Å². The maximum absolute atomic E-state index is 11.1. The summed E-state index contributed by atoms with van der Waals surface area (Å²) in [5, 5.41) is 15.3. The lowest BCUT2D eigenvalue weighted by Crippen LogP contribution is -2.00. The summed E-state index contributed by atoms with van der Waals surface area (Å²) in [5.41, 5.74) is 2.74. The largest absolute Gasteiger partial charge is 0.334 e. The van der Waals surface area contributed by atoms with E-state index >= 15 is 0 Å². The van der Waals surface area contributed by atoms with E-state index in [0.29, 0.717) is 0 Å². The van der Waals surface area contributed by atoms with Crippen molar-refractivity contribution < 1.29 is 4.92 Å². The minimum absolute atomic E-state index is 0.0562. The summed E-state index contributed by atoms with van der Waals surface area (Å²) in [5.74, 6) is 0.224. The van der Waals surface area contributed by atoms with Gasteiger partial charge in [-0.3, -0.25) is 10.1 Å². The molecular formula is C19H14N4O2. The van der Waals surface area contributed by atoms with Crippen LogP contribution < -0.4 is 5.32 Å². The minimum atomic E-state index is -0.446. The number of fused-ring (bicyclic) bond motifs is 1. The zero-order chi connectivity index (χ0) is 17.2. The van der Waals surface area contributed by atoms with Gasteiger partial charge in [0.2, 0.25) is 5.82 Å². The Kier molecular flexibility index (Phi) is 3.63. The van der Waals surface area contributed by atoms with Crippen molar-refractivity contribution in [1.29, 1.82) is 0 Å². The van der Waals surface area contributed by atoms with Crippen molar-refractivity contribution in [2.75, 3.05) is 5.32 Å². The number of benzene rings is 2. The Hall–Kier alpha value is -3.67. The molecule has 0 atom stereocenters. The average molecular weight is 330 g/mol. The van der Waals surface area contributed by atoms with Gasteiger partial charge in [-0.1, -0.05) is 24.3 Å². The smallest absolute Gasteiger partial charge is 0.311 e. The molecule has 0 fully saturated rings. The molecule has 4 rings (SSSR count). The highest BCUT2D eigenvalue weighted by Gasteiger charge is 2.14. The molecule has 122 valence electrons. The van der Waals surface area contributed by atoms with Crippen molar-refractivity contribution in [3.05, 3.63) is 89.2 Å². The number of pyridine rings is 1. The summed E-state index contributed by atoms with van der Waals surface area (Å²) in [4.78, 5) is 14.8. The highest BCUT2D eigenvalue weighted by molar-refractivity contribution is 5.82. The zero-order valence-corrected chi connectivity index (χ0v) is 13.2. The average Bonchev–Trinajstić information content (AvgIpc) is 3.06. The normalized spacial score (nSPS) is 10.7. The Morgan fingerprint density at radius 2 is 1.88 bits per heavy atom. The molecule has 0 unspecified atom stereocenters. The summed E-state index contributed by atoms with van der Waals surface area (Å²) in [6.07, 6.45) is 3.53. The molecule has 6 heteroatoms. The first-order valence-corrected chi connectivity index (χ1v) is 7.75. The molecule has 0 spiro atoms. The molecule has 1 N–H and O–H groups in total. The van der Waals surface area contributed by atoms with Gasteiger partial charge in [-0.25, -0.2) is 4.98 Å². The molecule has 4 aromatic rings. The second-order valence-electron chi connectivity index (χ2n) is 5.55. The monoisotopic (exact) mass is 330 g/mol. The minimum Gasteiger partial charge on any atom is -0.334 e. The third kappa shape index (κ3) is 2.81. The predicted molar refractivity (Wildman–Crippen MR) is 97.4 cm³/mol. The van der Waals surface area contributed by atoms with Crippen LogP contribution in [-0.2, 0) is 0 Å². The van der Waals surface area contributed by atoms with Crippen LogP contribution in [0.5, 0.6) is 0 Å². The first-order valence-electron chi connectivity index (χ1n) is 7.75. The van der Waals surface area contributed by atoms with Gasteiger partial charge in [-0.05, 0) is 41.8 Å². The molecule has 6 nitrogen and oxygen atoms in total. The number of nitrogens with zero attached hydrogens (tertiary/aromatic N) is 3. The van der Waals surface area contributed by atoms with Crippen molar-refractivity contribution in [2.45, 2.75) is 0 Å². The van der Waals surface area contributed by atoms with Gasteiger partial charge < -0.3 is 9.88 Å². The maximum Gasteiger partial charge on any atom is 0.311 e. The molecule has 2 aromatic carbocycles. The van der Waals surface area contributed by atoms with Gasteiger partial charge >= 0.3 is 5.69 Å². The van der Waals surface area contributed by atoms with Crippen LogP contribution in [0.25, 0.3) is 16.6 Å². The fraction of sp³-hybridized carbons (Fsp3) is 0. The van der Waals surface area contributed by atoms with Crippen LogP contribution in [0.4, 0.5) is 17.2 Å². The number of hydrogen-bond donors (Lipinski definition) is 1. The van der Waals surface area contributed by atoms with Crippen LogP contribution in [0.15, 0.2) is 79.1 Å². The molecule has 0 saturated heterocycles. The van der Waals surface area contributed by atoms with Crippen molar-refractivity contribution in [1.82, 2.24) is 9.55 Å². The number of hydrogen-bond acceptors (Lipinski definition) is 4. The first-order chi connectivity index (χ1) is 12.2. The van der Waals surface area contributed by atoms with Crippen molar-refractivity contribution in [2.24, 2.45) is 0 Å². The van der Waals surface area contributed by atoms with Gasteiger partial charge in [0.15, 0.2) is 0 Å². The van der Waals surface area contributed by atoms with Gasteiger partial charge in [0.25, 0.3) is 0 Å². The van der Waals surface area contributed by atoms with E-state index in [2.05, 4.69) is 33.1 Å². The number of nitro groups is 1. The summed E-state index contributed by atoms with van der Waals surface area (Å²) >= 11 is 0. The lowest BCUT2D eigenvalue weighted by atomic mass is 10.2. The molecule has 0 amide bonds. The zero-order valence-electron chi connectivity index (χ0n) is 13.2. The van der Waals surface area contributed by atoms with Gasteiger partial charge in [0.05, 0.1) is 10.4 Å². The van der Waals surface area contributed by atoms with Gasteiger partial charge in [-0.15, -0.1) is 0 Å². The Morgan fingerprint density at radius 3 is 2.76 bits per heavy atom. The predicted octanol–water partition coefficient (Wildman–Crippen LogP) is 4.68. The molecule has 0 aliphatic heterocycles. The number of para-hydroxylation sites is 1. The summed E-state index contributed by atoms with van der Waals surface area (Å²) < 4.78 is 2.08. The highest BCUT2D eigenvalue weighted by atomic mass is 16.6. The van der Waals surface area contributed by atoms with Crippen molar-refractivity contribution in [3.8, 4) is 5.69 Å². The first kappa shape index (κ1) is 14.9.